The molecule has 1 rings (SSSR count). The van der Waals surface area contributed by atoms with Crippen molar-refractivity contribution in [2.75, 3.05) is 5.43 Å². The second kappa shape index (κ2) is 3.63. The molecule has 7 heteroatoms. The molecule has 0 atom stereocenters. The predicted octanol–water partition coefficient (Wildman–Crippen LogP) is 0.880. The minimum atomic E-state index is -0.537. The fourth-order valence-electron chi connectivity index (χ4n) is 0.679. The number of nitrogens with two attached hydrogens (primary N) is 1. The fraction of sp³-hybridized carbons (Fsp3) is 0. The van der Waals surface area contributed by atoms with Gasteiger partial charge in [0.05, 0.1) is 4.92 Å². The highest BCUT2D eigenvalue weighted by atomic mass is 127. The van der Waals surface area contributed by atoms with E-state index in [1.54, 1.807) is 0 Å². The number of halogens is 1. The zero-order valence-electron chi connectivity index (χ0n) is 5.82. The molecular weight excluding hydrogens is 275 g/mol. The molecule has 1 aromatic rings. The Balaban J connectivity index is 3.21. The Kier molecular flexibility index (Phi) is 2.76. The van der Waals surface area contributed by atoms with Gasteiger partial charge in [0.25, 0.3) is 0 Å². The van der Waals surface area contributed by atoms with Gasteiger partial charge < -0.3 is 5.43 Å². The van der Waals surface area contributed by atoms with E-state index in [1.165, 1.54) is 12.3 Å². The van der Waals surface area contributed by atoms with Crippen LogP contribution in [0.3, 0.4) is 0 Å². The van der Waals surface area contributed by atoms with Crippen LogP contribution in [0.4, 0.5) is 11.5 Å². The third-order valence-electron chi connectivity index (χ3n) is 1.17. The summed E-state index contributed by atoms with van der Waals surface area (Å²) in [6.45, 7) is 0. The first-order chi connectivity index (χ1) is 5.65. The molecule has 0 unspecified atom stereocenters. The van der Waals surface area contributed by atoms with E-state index in [9.17, 15) is 10.1 Å². The van der Waals surface area contributed by atoms with Crippen molar-refractivity contribution in [3.63, 3.8) is 0 Å². The van der Waals surface area contributed by atoms with Crippen molar-refractivity contribution in [3.05, 3.63) is 25.9 Å². The second-order valence-electron chi connectivity index (χ2n) is 1.92. The van der Waals surface area contributed by atoms with Gasteiger partial charge in [0.1, 0.15) is 0 Å². The van der Waals surface area contributed by atoms with E-state index in [2.05, 4.69) is 10.4 Å². The van der Waals surface area contributed by atoms with Crippen molar-refractivity contribution in [1.29, 1.82) is 0 Å². The standard InChI is InChI=1S/C5H5IN4O2/c6-3-1-4(10(11)12)5(9-7)8-2-3/h1-2H,7H2,(H,8,9). The molecule has 1 heterocycles. The third-order valence-corrected chi connectivity index (χ3v) is 1.76. The summed E-state index contributed by atoms with van der Waals surface area (Å²) in [7, 11) is 0. The molecule has 0 spiro atoms. The summed E-state index contributed by atoms with van der Waals surface area (Å²) < 4.78 is 0.693. The number of hydrazine groups is 1. The lowest BCUT2D eigenvalue weighted by Gasteiger charge is -1.99. The molecule has 0 bridgehead atoms. The van der Waals surface area contributed by atoms with E-state index in [1.807, 2.05) is 22.6 Å². The Morgan fingerprint density at radius 3 is 2.92 bits per heavy atom. The second-order valence-corrected chi connectivity index (χ2v) is 3.17. The van der Waals surface area contributed by atoms with E-state index in [0.717, 1.165) is 0 Å². The van der Waals surface area contributed by atoms with Crippen LogP contribution in [0.25, 0.3) is 0 Å². The van der Waals surface area contributed by atoms with Crippen LogP contribution < -0.4 is 11.3 Å². The van der Waals surface area contributed by atoms with Gasteiger partial charge in [-0.25, -0.2) is 10.8 Å². The van der Waals surface area contributed by atoms with Gasteiger partial charge in [0, 0.05) is 15.8 Å². The van der Waals surface area contributed by atoms with Crippen LogP contribution >= 0.6 is 22.6 Å². The summed E-state index contributed by atoms with van der Waals surface area (Å²) >= 11 is 1.94. The molecule has 6 nitrogen and oxygen atoms in total. The van der Waals surface area contributed by atoms with Crippen molar-refractivity contribution in [2.24, 2.45) is 5.84 Å². The van der Waals surface area contributed by atoms with Crippen LogP contribution in [0.5, 0.6) is 0 Å². The molecule has 0 radical (unpaired) electrons. The van der Waals surface area contributed by atoms with Gasteiger partial charge in [0.2, 0.25) is 5.82 Å². The number of hydrogen-bond donors (Lipinski definition) is 2. The number of nitro groups is 1. The van der Waals surface area contributed by atoms with E-state index in [0.29, 0.717) is 3.57 Å². The number of nitrogens with zero attached hydrogens (tertiary/aromatic N) is 2. The maximum Gasteiger partial charge on any atom is 0.313 e. The number of pyridine rings is 1. The van der Waals surface area contributed by atoms with Gasteiger partial charge in [-0.3, -0.25) is 10.1 Å². The summed E-state index contributed by atoms with van der Waals surface area (Å²) in [5.74, 6) is 5.09. The molecule has 3 N–H and O–H groups in total. The molecule has 0 aliphatic carbocycles. The quantitative estimate of drug-likeness (QED) is 0.363. The van der Waals surface area contributed by atoms with Crippen molar-refractivity contribution in [1.82, 2.24) is 4.98 Å². The fourth-order valence-corrected chi connectivity index (χ4v) is 1.11. The van der Waals surface area contributed by atoms with Crippen LogP contribution in [0.15, 0.2) is 12.3 Å². The molecule has 0 amide bonds. The van der Waals surface area contributed by atoms with Gasteiger partial charge in [0.15, 0.2) is 0 Å². The number of nitrogen functional groups attached to an aromatic ring is 1. The average Bonchev–Trinajstić information content (AvgIpc) is 2.04. The summed E-state index contributed by atoms with van der Waals surface area (Å²) in [6.07, 6.45) is 1.49. The van der Waals surface area contributed by atoms with Gasteiger partial charge >= 0.3 is 5.69 Å². The van der Waals surface area contributed by atoms with Gasteiger partial charge in [-0.2, -0.15) is 0 Å². The molecule has 0 aliphatic heterocycles. The molecule has 64 valence electrons. The van der Waals surface area contributed by atoms with Crippen molar-refractivity contribution in [2.45, 2.75) is 0 Å². The molecule has 1 aromatic heterocycles. The van der Waals surface area contributed by atoms with E-state index in [4.69, 9.17) is 5.84 Å². The van der Waals surface area contributed by atoms with Crippen molar-refractivity contribution < 1.29 is 4.92 Å². The summed E-state index contributed by atoms with van der Waals surface area (Å²) in [5, 5.41) is 10.4. The predicted molar refractivity (Wildman–Crippen MR) is 51.4 cm³/mol. The molecule has 0 aliphatic rings. The monoisotopic (exact) mass is 280 g/mol. The van der Waals surface area contributed by atoms with E-state index in [-0.39, 0.29) is 11.5 Å². The molecule has 0 fully saturated rings. The number of nitrogens with one attached hydrogen (secondary N) is 1. The molecule has 12 heavy (non-hydrogen) atoms. The minimum absolute atomic E-state index is 0.0698. The van der Waals surface area contributed by atoms with Gasteiger partial charge in [-0.15, -0.1) is 0 Å². The largest absolute Gasteiger partial charge is 0.313 e. The van der Waals surface area contributed by atoms with Crippen LogP contribution in [0.2, 0.25) is 0 Å². The first-order valence-electron chi connectivity index (χ1n) is 2.91. The van der Waals surface area contributed by atoms with Gasteiger partial charge in [-0.1, -0.05) is 0 Å². The van der Waals surface area contributed by atoms with E-state index < -0.39 is 4.92 Å². The Morgan fingerprint density at radius 2 is 2.42 bits per heavy atom. The smallest absolute Gasteiger partial charge is 0.303 e. The number of hydrogen-bond acceptors (Lipinski definition) is 5. The molecular formula is C5H5IN4O2. The average molecular weight is 280 g/mol. The lowest BCUT2D eigenvalue weighted by atomic mass is 10.4. The summed E-state index contributed by atoms with van der Waals surface area (Å²) in [4.78, 5) is 13.6. The zero-order chi connectivity index (χ0) is 9.14. The highest BCUT2D eigenvalue weighted by molar-refractivity contribution is 14.1. The molecule has 0 saturated heterocycles. The maximum atomic E-state index is 10.4. The summed E-state index contributed by atoms with van der Waals surface area (Å²) in [6, 6.07) is 1.39. The van der Waals surface area contributed by atoms with Crippen LogP contribution in [-0.4, -0.2) is 9.91 Å². The van der Waals surface area contributed by atoms with Crippen LogP contribution in [0, 0.1) is 13.7 Å². The lowest BCUT2D eigenvalue weighted by molar-refractivity contribution is -0.384. The minimum Gasteiger partial charge on any atom is -0.303 e. The lowest BCUT2D eigenvalue weighted by Crippen LogP contribution is -2.10. The Labute approximate surface area is 81.4 Å². The SMILES string of the molecule is NNc1ncc(I)cc1[N+](=O)[O-]. The first kappa shape index (κ1) is 9.13. The highest BCUT2D eigenvalue weighted by Crippen LogP contribution is 2.22. The summed E-state index contributed by atoms with van der Waals surface area (Å²) in [5.41, 5.74) is 2.03. The first-order valence-corrected chi connectivity index (χ1v) is 3.99. The van der Waals surface area contributed by atoms with Gasteiger partial charge in [-0.05, 0) is 22.6 Å². The zero-order valence-corrected chi connectivity index (χ0v) is 7.98. The normalized spacial score (nSPS) is 9.50. The topological polar surface area (TPSA) is 94.1 Å². The third kappa shape index (κ3) is 1.80. The number of aromatic nitrogens is 1. The molecule has 0 aromatic carbocycles. The Hall–Kier alpha value is -0.960. The van der Waals surface area contributed by atoms with Crippen molar-refractivity contribution >= 4 is 34.1 Å². The number of anilines is 1. The number of rotatable bonds is 2. The Morgan fingerprint density at radius 1 is 1.75 bits per heavy atom. The van der Waals surface area contributed by atoms with Crippen molar-refractivity contribution in [3.8, 4) is 0 Å². The van der Waals surface area contributed by atoms with Crippen LogP contribution in [-0.2, 0) is 0 Å². The van der Waals surface area contributed by atoms with Crippen LogP contribution in [0.1, 0.15) is 0 Å². The maximum absolute atomic E-state index is 10.4. The highest BCUT2D eigenvalue weighted by Gasteiger charge is 2.13. The molecule has 0 saturated carbocycles. The Bertz CT molecular complexity index is 316. The van der Waals surface area contributed by atoms with E-state index >= 15 is 0 Å².